The fourth-order valence-corrected chi connectivity index (χ4v) is 2.29. The fourth-order valence-electron chi connectivity index (χ4n) is 2.29. The van der Waals surface area contributed by atoms with Crippen LogP contribution >= 0.6 is 0 Å². The van der Waals surface area contributed by atoms with E-state index in [-0.39, 0.29) is 0 Å². The van der Waals surface area contributed by atoms with Crippen LogP contribution in [0.15, 0.2) is 36.4 Å². The Morgan fingerprint density at radius 2 is 1.76 bits per heavy atom. The van der Waals surface area contributed by atoms with Gasteiger partial charge >= 0.3 is 0 Å². The lowest BCUT2D eigenvalue weighted by Gasteiger charge is -2.09. The molecule has 0 bridgehead atoms. The second-order valence-corrected chi connectivity index (χ2v) is 5.28. The zero-order chi connectivity index (χ0) is 15.0. The Labute approximate surface area is 123 Å². The molecule has 1 heterocycles. The third kappa shape index (κ3) is 2.38. The molecule has 0 aliphatic rings. The summed E-state index contributed by atoms with van der Waals surface area (Å²) in [6.45, 7) is 6.08. The lowest BCUT2D eigenvalue weighted by molar-refractivity contribution is 0.787. The van der Waals surface area contributed by atoms with Gasteiger partial charge in [0.2, 0.25) is 0 Å². The SMILES string of the molecule is Cc1ccc(C)c(-n2nnnc2-c2ccc(N)c(C)c2)c1. The fraction of sp³-hybridized carbons (Fsp3) is 0.188. The van der Waals surface area contributed by atoms with Crippen molar-refractivity contribution in [3.05, 3.63) is 53.1 Å². The van der Waals surface area contributed by atoms with Gasteiger partial charge in [-0.3, -0.25) is 0 Å². The van der Waals surface area contributed by atoms with Crippen LogP contribution in [0.1, 0.15) is 16.7 Å². The van der Waals surface area contributed by atoms with E-state index in [0.717, 1.165) is 28.1 Å². The molecular formula is C16H17N5. The Hall–Kier alpha value is -2.69. The van der Waals surface area contributed by atoms with E-state index in [1.54, 1.807) is 4.68 Å². The minimum Gasteiger partial charge on any atom is -0.399 e. The molecule has 0 spiro atoms. The van der Waals surface area contributed by atoms with Gasteiger partial charge in [0.05, 0.1) is 5.69 Å². The molecule has 5 nitrogen and oxygen atoms in total. The monoisotopic (exact) mass is 279 g/mol. The third-order valence-electron chi connectivity index (χ3n) is 3.59. The van der Waals surface area contributed by atoms with Gasteiger partial charge in [-0.25, -0.2) is 0 Å². The van der Waals surface area contributed by atoms with Crippen LogP contribution in [-0.4, -0.2) is 20.2 Å². The number of nitrogens with two attached hydrogens (primary N) is 1. The number of hydrogen-bond donors (Lipinski definition) is 1. The molecule has 1 aromatic heterocycles. The average Bonchev–Trinajstić information content (AvgIpc) is 2.93. The normalized spacial score (nSPS) is 10.8. The largest absolute Gasteiger partial charge is 0.399 e. The van der Waals surface area contributed by atoms with E-state index < -0.39 is 0 Å². The van der Waals surface area contributed by atoms with E-state index in [1.165, 1.54) is 5.56 Å². The summed E-state index contributed by atoms with van der Waals surface area (Å²) in [5.41, 5.74) is 11.9. The number of tetrazole rings is 1. The first kappa shape index (κ1) is 13.3. The van der Waals surface area contributed by atoms with Crippen molar-refractivity contribution in [3.8, 4) is 17.1 Å². The maximum Gasteiger partial charge on any atom is 0.187 e. The highest BCUT2D eigenvalue weighted by Gasteiger charge is 2.13. The molecule has 0 aliphatic carbocycles. The second kappa shape index (κ2) is 5.01. The zero-order valence-electron chi connectivity index (χ0n) is 12.3. The van der Waals surface area contributed by atoms with Gasteiger partial charge in [0, 0.05) is 11.3 Å². The highest BCUT2D eigenvalue weighted by atomic mass is 15.5. The molecule has 0 radical (unpaired) electrons. The maximum atomic E-state index is 5.88. The summed E-state index contributed by atoms with van der Waals surface area (Å²) in [4.78, 5) is 0. The summed E-state index contributed by atoms with van der Waals surface area (Å²) in [6.07, 6.45) is 0. The number of hydrogen-bond acceptors (Lipinski definition) is 4. The first-order chi connectivity index (χ1) is 10.1. The number of nitrogen functional groups attached to an aromatic ring is 1. The molecule has 3 rings (SSSR count). The maximum absolute atomic E-state index is 5.88. The Morgan fingerprint density at radius 3 is 2.52 bits per heavy atom. The van der Waals surface area contributed by atoms with E-state index in [4.69, 9.17) is 5.73 Å². The van der Waals surface area contributed by atoms with Crippen LogP contribution in [0.5, 0.6) is 0 Å². The summed E-state index contributed by atoms with van der Waals surface area (Å²) in [6, 6.07) is 12.1. The molecule has 0 unspecified atom stereocenters. The summed E-state index contributed by atoms with van der Waals surface area (Å²) in [5.74, 6) is 0.715. The smallest absolute Gasteiger partial charge is 0.187 e. The number of rotatable bonds is 2. The molecular weight excluding hydrogens is 262 g/mol. The molecule has 0 saturated carbocycles. The van der Waals surface area contributed by atoms with Gasteiger partial charge in [-0.1, -0.05) is 12.1 Å². The summed E-state index contributed by atoms with van der Waals surface area (Å²) >= 11 is 0. The molecule has 0 aliphatic heterocycles. The molecule has 2 aromatic carbocycles. The quantitative estimate of drug-likeness (QED) is 0.732. The minimum absolute atomic E-state index is 0.715. The summed E-state index contributed by atoms with van der Waals surface area (Å²) in [5, 5.41) is 12.1. The first-order valence-corrected chi connectivity index (χ1v) is 6.79. The van der Waals surface area contributed by atoms with Gasteiger partial charge in [0.1, 0.15) is 0 Å². The molecule has 21 heavy (non-hydrogen) atoms. The van der Waals surface area contributed by atoms with Crippen molar-refractivity contribution in [2.24, 2.45) is 0 Å². The second-order valence-electron chi connectivity index (χ2n) is 5.28. The molecule has 0 fully saturated rings. The van der Waals surface area contributed by atoms with E-state index >= 15 is 0 Å². The van der Waals surface area contributed by atoms with Gasteiger partial charge < -0.3 is 5.73 Å². The van der Waals surface area contributed by atoms with E-state index in [0.29, 0.717) is 5.82 Å². The first-order valence-electron chi connectivity index (χ1n) is 6.79. The molecule has 3 aromatic rings. The van der Waals surface area contributed by atoms with Crippen LogP contribution < -0.4 is 5.73 Å². The summed E-state index contributed by atoms with van der Waals surface area (Å²) in [7, 11) is 0. The van der Waals surface area contributed by atoms with Crippen LogP contribution in [0.4, 0.5) is 5.69 Å². The molecule has 2 N–H and O–H groups in total. The van der Waals surface area contributed by atoms with Gasteiger partial charge in [0.25, 0.3) is 0 Å². The number of nitrogens with zero attached hydrogens (tertiary/aromatic N) is 4. The standard InChI is InChI=1S/C16H17N5/c1-10-4-5-11(2)15(8-10)21-16(18-19-20-21)13-6-7-14(17)12(3)9-13/h4-9H,17H2,1-3H3. The van der Waals surface area contributed by atoms with Gasteiger partial charge in [-0.15, -0.1) is 5.10 Å². The topological polar surface area (TPSA) is 69.6 Å². The molecule has 0 atom stereocenters. The Bertz CT molecular complexity index is 804. The van der Waals surface area contributed by atoms with Crippen molar-refractivity contribution in [1.82, 2.24) is 20.2 Å². The highest BCUT2D eigenvalue weighted by Crippen LogP contribution is 2.24. The summed E-state index contributed by atoms with van der Waals surface area (Å²) < 4.78 is 1.77. The van der Waals surface area contributed by atoms with Crippen molar-refractivity contribution in [2.75, 3.05) is 5.73 Å². The van der Waals surface area contributed by atoms with Gasteiger partial charge in [-0.05, 0) is 72.2 Å². The van der Waals surface area contributed by atoms with Gasteiger partial charge in [-0.2, -0.15) is 4.68 Å². The van der Waals surface area contributed by atoms with Crippen LogP contribution in [0.3, 0.4) is 0 Å². The van der Waals surface area contributed by atoms with Crippen LogP contribution in [-0.2, 0) is 0 Å². The van der Waals surface area contributed by atoms with Crippen LogP contribution in [0.2, 0.25) is 0 Å². The predicted octanol–water partition coefficient (Wildman–Crippen LogP) is 2.84. The van der Waals surface area contributed by atoms with Crippen molar-refractivity contribution < 1.29 is 0 Å². The zero-order valence-corrected chi connectivity index (χ0v) is 12.3. The van der Waals surface area contributed by atoms with Crippen molar-refractivity contribution in [3.63, 3.8) is 0 Å². The average molecular weight is 279 g/mol. The molecule has 0 saturated heterocycles. The van der Waals surface area contributed by atoms with E-state index in [1.807, 2.05) is 25.1 Å². The molecule has 106 valence electrons. The molecule has 0 amide bonds. The lowest BCUT2D eigenvalue weighted by Crippen LogP contribution is -2.03. The molecule has 5 heteroatoms. The number of anilines is 1. The minimum atomic E-state index is 0.715. The van der Waals surface area contributed by atoms with E-state index in [2.05, 4.69) is 47.6 Å². The van der Waals surface area contributed by atoms with Crippen LogP contribution in [0, 0.1) is 20.8 Å². The van der Waals surface area contributed by atoms with Crippen molar-refractivity contribution in [2.45, 2.75) is 20.8 Å². The van der Waals surface area contributed by atoms with Crippen molar-refractivity contribution in [1.29, 1.82) is 0 Å². The van der Waals surface area contributed by atoms with Crippen LogP contribution in [0.25, 0.3) is 17.1 Å². The predicted molar refractivity (Wildman–Crippen MR) is 83.2 cm³/mol. The lowest BCUT2D eigenvalue weighted by atomic mass is 10.1. The van der Waals surface area contributed by atoms with E-state index in [9.17, 15) is 0 Å². The number of benzene rings is 2. The van der Waals surface area contributed by atoms with Crippen molar-refractivity contribution >= 4 is 5.69 Å². The Morgan fingerprint density at radius 1 is 0.952 bits per heavy atom. The number of aromatic nitrogens is 4. The third-order valence-corrected chi connectivity index (χ3v) is 3.59. The number of aryl methyl sites for hydroxylation is 3. The Balaban J connectivity index is 2.17. The highest BCUT2D eigenvalue weighted by molar-refractivity contribution is 5.63. The van der Waals surface area contributed by atoms with Gasteiger partial charge in [0.15, 0.2) is 5.82 Å². The Kier molecular flexibility index (Phi) is 3.17.